The quantitative estimate of drug-likeness (QED) is 0.506. The van der Waals surface area contributed by atoms with Gasteiger partial charge < -0.3 is 10.2 Å². The van der Waals surface area contributed by atoms with Crippen molar-refractivity contribution in [2.45, 2.75) is 84.8 Å². The van der Waals surface area contributed by atoms with Gasteiger partial charge in [-0.1, -0.05) is 69.4 Å². The number of aliphatic hydroxyl groups excluding tert-OH is 2. The Morgan fingerprint density at radius 1 is 1.17 bits per heavy atom. The van der Waals surface area contributed by atoms with Crippen molar-refractivity contribution in [3.8, 4) is 0 Å². The second kappa shape index (κ2) is 9.40. The van der Waals surface area contributed by atoms with Crippen LogP contribution in [-0.2, 0) is 0 Å². The molecule has 0 bridgehead atoms. The van der Waals surface area contributed by atoms with Crippen molar-refractivity contribution < 1.29 is 10.2 Å². The summed E-state index contributed by atoms with van der Waals surface area (Å²) in [6.07, 6.45) is 15.5. The summed E-state index contributed by atoms with van der Waals surface area (Å²) in [6, 6.07) is 0. The lowest BCUT2D eigenvalue weighted by molar-refractivity contribution is 0.0862. The van der Waals surface area contributed by atoms with Crippen LogP contribution in [0.15, 0.2) is 59.8 Å². The first-order valence-electron chi connectivity index (χ1n) is 11.9. The minimum absolute atomic E-state index is 0.363. The molecule has 0 aromatic rings. The van der Waals surface area contributed by atoms with E-state index in [2.05, 4.69) is 65.2 Å². The van der Waals surface area contributed by atoms with Crippen LogP contribution in [0.5, 0.6) is 0 Å². The zero-order chi connectivity index (χ0) is 22.1. The highest BCUT2D eigenvalue weighted by Crippen LogP contribution is 2.59. The number of hydrogen-bond acceptors (Lipinski definition) is 2. The fourth-order valence-electron chi connectivity index (χ4n) is 6.25. The Balaban J connectivity index is 1.77. The van der Waals surface area contributed by atoms with Crippen molar-refractivity contribution >= 4 is 0 Å². The van der Waals surface area contributed by atoms with Gasteiger partial charge in [-0.15, -0.1) is 0 Å². The lowest BCUT2D eigenvalue weighted by atomic mass is 9.61. The molecule has 0 spiro atoms. The molecule has 3 aliphatic carbocycles. The molecular weight excluding hydrogens is 368 g/mol. The van der Waals surface area contributed by atoms with E-state index in [-0.39, 0.29) is 0 Å². The van der Waals surface area contributed by atoms with Crippen molar-refractivity contribution in [2.75, 3.05) is 0 Å². The molecule has 0 unspecified atom stereocenters. The van der Waals surface area contributed by atoms with Gasteiger partial charge in [0.2, 0.25) is 0 Å². The van der Waals surface area contributed by atoms with Crippen molar-refractivity contribution in [3.05, 3.63) is 59.8 Å². The number of hydrogen-bond donors (Lipinski definition) is 2. The van der Waals surface area contributed by atoms with Gasteiger partial charge in [0.25, 0.3) is 0 Å². The molecule has 0 amide bonds. The molecule has 30 heavy (non-hydrogen) atoms. The van der Waals surface area contributed by atoms with Gasteiger partial charge in [-0.3, -0.25) is 0 Å². The monoisotopic (exact) mass is 410 g/mol. The summed E-state index contributed by atoms with van der Waals surface area (Å²) >= 11 is 0. The second-order valence-corrected chi connectivity index (χ2v) is 10.5. The molecule has 3 fully saturated rings. The molecule has 3 aliphatic rings. The summed E-state index contributed by atoms with van der Waals surface area (Å²) in [7, 11) is 0. The van der Waals surface area contributed by atoms with E-state index < -0.39 is 12.2 Å². The molecule has 0 aliphatic heterocycles. The highest BCUT2D eigenvalue weighted by atomic mass is 16.3. The lowest BCUT2D eigenvalue weighted by Crippen LogP contribution is -2.35. The Morgan fingerprint density at radius 2 is 1.90 bits per heavy atom. The van der Waals surface area contributed by atoms with Gasteiger partial charge in [-0.2, -0.15) is 0 Å². The largest absolute Gasteiger partial charge is 0.393 e. The maximum absolute atomic E-state index is 10.1. The molecule has 2 heteroatoms. The summed E-state index contributed by atoms with van der Waals surface area (Å²) < 4.78 is 0. The zero-order valence-electron chi connectivity index (χ0n) is 19.5. The van der Waals surface area contributed by atoms with E-state index >= 15 is 0 Å². The van der Waals surface area contributed by atoms with Gasteiger partial charge in [0.05, 0.1) is 12.2 Å². The zero-order valence-corrected chi connectivity index (χ0v) is 19.5. The first-order chi connectivity index (χ1) is 14.1. The van der Waals surface area contributed by atoms with Crippen LogP contribution in [0, 0.1) is 29.1 Å². The summed E-state index contributed by atoms with van der Waals surface area (Å²) in [6.45, 7) is 17.4. The van der Waals surface area contributed by atoms with Crippen LogP contribution in [0.2, 0.25) is 0 Å². The molecule has 0 aromatic carbocycles. The minimum Gasteiger partial charge on any atom is -0.393 e. The van der Waals surface area contributed by atoms with Crippen LogP contribution in [0.1, 0.15) is 72.6 Å². The van der Waals surface area contributed by atoms with Crippen LogP contribution < -0.4 is 0 Å². The van der Waals surface area contributed by atoms with Gasteiger partial charge in [-0.05, 0) is 85.7 Å². The molecule has 2 N–H and O–H groups in total. The number of aliphatic hydroxyl groups is 2. The Morgan fingerprint density at radius 3 is 2.60 bits per heavy atom. The van der Waals surface area contributed by atoms with Gasteiger partial charge in [0.15, 0.2) is 0 Å². The maximum atomic E-state index is 10.1. The number of allylic oxidation sites excluding steroid dienone is 6. The SMILES string of the molecule is C=C(C)[C@@H](C)/C=C/[C@@H](C)[C@H]1CC[C@H]2/C(=C/C=C3/C[C@@H](O)C[C@H](O)C3=C)CCC[C@]12C. The predicted octanol–water partition coefficient (Wildman–Crippen LogP) is 6.53. The third-order valence-corrected chi connectivity index (χ3v) is 8.42. The standard InChI is InChI=1S/C28H42O2/c1-18(2)19(3)9-10-20(4)25-13-14-26-22(8-7-15-28(25,26)6)11-12-23-16-24(29)17-27(30)21(23)5/h9-12,19-20,24-27,29-30H,1,5,7-8,13-17H2,2-4,6H3/b10-9+,22-11+,23-12-/t19-,20+,24+,25+,26-,27-,28+/m0/s1. The van der Waals surface area contributed by atoms with E-state index in [9.17, 15) is 10.2 Å². The summed E-state index contributed by atoms with van der Waals surface area (Å²) in [4.78, 5) is 0. The third kappa shape index (κ3) is 4.75. The molecule has 7 atom stereocenters. The average molecular weight is 411 g/mol. The normalized spacial score (nSPS) is 39.5. The van der Waals surface area contributed by atoms with Crippen LogP contribution >= 0.6 is 0 Å². The van der Waals surface area contributed by atoms with E-state index in [4.69, 9.17) is 0 Å². The van der Waals surface area contributed by atoms with Crippen LogP contribution in [0.3, 0.4) is 0 Å². The molecule has 0 saturated heterocycles. The van der Waals surface area contributed by atoms with Gasteiger partial charge in [0.1, 0.15) is 0 Å². The van der Waals surface area contributed by atoms with Crippen molar-refractivity contribution in [1.82, 2.24) is 0 Å². The Labute approximate surface area is 184 Å². The topological polar surface area (TPSA) is 40.5 Å². The second-order valence-electron chi connectivity index (χ2n) is 10.5. The molecule has 0 radical (unpaired) electrons. The third-order valence-electron chi connectivity index (χ3n) is 8.42. The molecule has 0 heterocycles. The van der Waals surface area contributed by atoms with E-state index in [1.54, 1.807) is 5.57 Å². The molecule has 166 valence electrons. The molecule has 3 rings (SSSR count). The summed E-state index contributed by atoms with van der Waals surface area (Å²) in [5.74, 6) is 2.40. The summed E-state index contributed by atoms with van der Waals surface area (Å²) in [5.41, 5.74) is 4.95. The van der Waals surface area contributed by atoms with E-state index in [0.717, 1.165) is 17.1 Å². The predicted molar refractivity (Wildman–Crippen MR) is 127 cm³/mol. The van der Waals surface area contributed by atoms with Crippen LogP contribution in [-0.4, -0.2) is 22.4 Å². The molecular formula is C28H42O2. The first-order valence-corrected chi connectivity index (χ1v) is 11.9. The highest BCUT2D eigenvalue weighted by molar-refractivity contribution is 5.38. The van der Waals surface area contributed by atoms with Crippen LogP contribution in [0.4, 0.5) is 0 Å². The van der Waals surface area contributed by atoms with E-state index in [1.807, 2.05) is 0 Å². The van der Waals surface area contributed by atoms with Crippen molar-refractivity contribution in [1.29, 1.82) is 0 Å². The van der Waals surface area contributed by atoms with Gasteiger partial charge in [-0.25, -0.2) is 0 Å². The molecule has 3 saturated carbocycles. The van der Waals surface area contributed by atoms with Gasteiger partial charge >= 0.3 is 0 Å². The fraction of sp³-hybridized carbons (Fsp3) is 0.643. The first kappa shape index (κ1) is 23.3. The van der Waals surface area contributed by atoms with Crippen molar-refractivity contribution in [3.63, 3.8) is 0 Å². The number of rotatable bonds is 5. The van der Waals surface area contributed by atoms with E-state index in [0.29, 0.717) is 36.0 Å². The summed E-state index contributed by atoms with van der Waals surface area (Å²) in [5, 5.41) is 20.2. The maximum Gasteiger partial charge on any atom is 0.0811 e. The number of fused-ring (bicyclic) bond motifs is 1. The van der Waals surface area contributed by atoms with Crippen LogP contribution in [0.25, 0.3) is 0 Å². The lowest BCUT2D eigenvalue weighted by Gasteiger charge is -2.44. The highest BCUT2D eigenvalue weighted by Gasteiger charge is 2.50. The van der Waals surface area contributed by atoms with Gasteiger partial charge in [0, 0.05) is 6.42 Å². The smallest absolute Gasteiger partial charge is 0.0811 e. The Kier molecular flexibility index (Phi) is 7.30. The average Bonchev–Trinajstić information content (AvgIpc) is 3.04. The molecule has 2 nitrogen and oxygen atoms in total. The molecule has 0 aromatic heterocycles. The van der Waals surface area contributed by atoms with Crippen molar-refractivity contribution in [2.24, 2.45) is 29.1 Å². The van der Waals surface area contributed by atoms with E-state index in [1.165, 1.54) is 37.7 Å². The Bertz CT molecular complexity index is 755. The minimum atomic E-state index is -0.611. The Hall–Kier alpha value is -1.38. The fourth-order valence-corrected chi connectivity index (χ4v) is 6.25.